The summed E-state index contributed by atoms with van der Waals surface area (Å²) in [6, 6.07) is -0.405. The molecule has 0 rings (SSSR count). The Kier molecular flexibility index (Phi) is 30.1. The largest absolute Gasteiger partial charge is 0.354 e. The second-order valence-electron chi connectivity index (χ2n) is 12.6. The zero-order valence-electron chi connectivity index (χ0n) is 27.8. The van der Waals surface area contributed by atoms with Gasteiger partial charge >= 0.3 is 0 Å². The monoisotopic (exact) mass is 565 g/mol. The van der Waals surface area contributed by atoms with E-state index in [2.05, 4.69) is 38.3 Å². The van der Waals surface area contributed by atoms with Gasteiger partial charge in [0.25, 0.3) is 0 Å². The minimum absolute atomic E-state index is 0.00395. The summed E-state index contributed by atoms with van der Waals surface area (Å²) in [5.41, 5.74) is 0. The van der Waals surface area contributed by atoms with Gasteiger partial charge in [-0.05, 0) is 18.8 Å². The topological polar surface area (TPSA) is 58.2 Å². The van der Waals surface area contributed by atoms with Crippen molar-refractivity contribution in [1.82, 2.24) is 10.6 Å². The van der Waals surface area contributed by atoms with Gasteiger partial charge < -0.3 is 10.6 Å². The second kappa shape index (κ2) is 30.9. The number of nitrogens with one attached hydrogen (secondary N) is 2. The predicted molar refractivity (Wildman–Crippen MR) is 176 cm³/mol. The van der Waals surface area contributed by atoms with Crippen LogP contribution in [0.2, 0.25) is 0 Å². The molecular weight excluding hydrogens is 492 g/mol. The van der Waals surface area contributed by atoms with Crippen molar-refractivity contribution >= 4 is 11.8 Å². The fraction of sp³-hybridized carbons (Fsp3) is 0.944. The third-order valence-electron chi connectivity index (χ3n) is 8.65. The molecule has 0 fully saturated rings. The van der Waals surface area contributed by atoms with Crippen LogP contribution in [0.3, 0.4) is 0 Å². The third-order valence-corrected chi connectivity index (χ3v) is 8.65. The van der Waals surface area contributed by atoms with Crippen molar-refractivity contribution in [3.8, 4) is 0 Å². The van der Waals surface area contributed by atoms with E-state index < -0.39 is 6.04 Å². The van der Waals surface area contributed by atoms with Gasteiger partial charge in [0.05, 0.1) is 0 Å². The zero-order valence-corrected chi connectivity index (χ0v) is 27.8. The normalized spacial score (nSPS) is 12.8. The Bertz CT molecular complexity index is 551. The predicted octanol–water partition coefficient (Wildman–Crippen LogP) is 10.8. The molecule has 0 aromatic heterocycles. The van der Waals surface area contributed by atoms with Crippen molar-refractivity contribution in [1.29, 1.82) is 0 Å². The van der Waals surface area contributed by atoms with Crippen molar-refractivity contribution in [2.24, 2.45) is 5.92 Å². The number of carbonyl (C=O) groups is 2. The smallest absolute Gasteiger partial charge is 0.242 e. The highest BCUT2D eigenvalue weighted by Gasteiger charge is 2.25. The molecule has 2 amide bonds. The molecule has 0 aliphatic rings. The second-order valence-corrected chi connectivity index (χ2v) is 12.6. The van der Waals surface area contributed by atoms with E-state index in [9.17, 15) is 9.59 Å². The van der Waals surface area contributed by atoms with Crippen LogP contribution in [0, 0.1) is 5.92 Å². The maximum Gasteiger partial charge on any atom is 0.242 e. The first-order valence-corrected chi connectivity index (χ1v) is 18.1. The van der Waals surface area contributed by atoms with Crippen LogP contribution in [-0.2, 0) is 9.59 Å². The Morgan fingerprint density at radius 2 is 0.850 bits per heavy atom. The lowest BCUT2D eigenvalue weighted by Gasteiger charge is -2.23. The molecule has 0 aromatic carbocycles. The summed E-state index contributed by atoms with van der Waals surface area (Å²) < 4.78 is 0. The molecule has 0 aromatic rings. The van der Waals surface area contributed by atoms with Crippen LogP contribution in [0.1, 0.15) is 201 Å². The van der Waals surface area contributed by atoms with E-state index in [0.717, 1.165) is 32.2 Å². The number of rotatable bonds is 31. The minimum Gasteiger partial charge on any atom is -0.354 e. The molecule has 0 saturated heterocycles. The molecule has 2 N–H and O–H groups in total. The Balaban J connectivity index is 3.76. The molecule has 0 unspecified atom stereocenters. The summed E-state index contributed by atoms with van der Waals surface area (Å²) in [5.74, 6) is 0.180. The van der Waals surface area contributed by atoms with Crippen molar-refractivity contribution in [2.75, 3.05) is 6.54 Å². The Hall–Kier alpha value is -1.06. The van der Waals surface area contributed by atoms with E-state index >= 15 is 0 Å². The molecule has 40 heavy (non-hydrogen) atoms. The van der Waals surface area contributed by atoms with E-state index in [-0.39, 0.29) is 17.7 Å². The lowest BCUT2D eigenvalue weighted by atomic mass is 9.97. The fourth-order valence-corrected chi connectivity index (χ4v) is 5.54. The van der Waals surface area contributed by atoms with Crippen LogP contribution in [0.4, 0.5) is 0 Å². The van der Waals surface area contributed by atoms with Gasteiger partial charge in [-0.15, -0.1) is 0 Å². The quantitative estimate of drug-likeness (QED) is 0.0823. The Morgan fingerprint density at radius 3 is 1.23 bits per heavy atom. The first kappa shape index (κ1) is 38.9. The molecule has 238 valence electrons. The summed E-state index contributed by atoms with van der Waals surface area (Å²) in [5, 5.41) is 6.15. The highest BCUT2D eigenvalue weighted by molar-refractivity contribution is 5.87. The number of hydrogen-bond acceptors (Lipinski definition) is 2. The highest BCUT2D eigenvalue weighted by Crippen LogP contribution is 2.14. The maximum absolute atomic E-state index is 12.8. The lowest BCUT2D eigenvalue weighted by Crippen LogP contribution is -2.50. The van der Waals surface area contributed by atoms with Gasteiger partial charge in [-0.1, -0.05) is 182 Å². The summed E-state index contributed by atoms with van der Waals surface area (Å²) in [4.78, 5) is 25.4. The van der Waals surface area contributed by atoms with E-state index in [0.29, 0.717) is 6.42 Å². The van der Waals surface area contributed by atoms with Gasteiger partial charge in [-0.2, -0.15) is 0 Å². The highest BCUT2D eigenvalue weighted by atomic mass is 16.2. The Labute approximate surface area is 251 Å². The van der Waals surface area contributed by atoms with Crippen molar-refractivity contribution in [3.63, 3.8) is 0 Å². The molecule has 4 heteroatoms. The molecule has 0 spiro atoms. The molecule has 4 nitrogen and oxygen atoms in total. The summed E-state index contributed by atoms with van der Waals surface area (Å²) in [7, 11) is 0. The zero-order chi connectivity index (χ0) is 29.5. The van der Waals surface area contributed by atoms with E-state index in [1.54, 1.807) is 0 Å². The van der Waals surface area contributed by atoms with Gasteiger partial charge in [0, 0.05) is 13.0 Å². The number of amides is 2. The molecule has 2 atom stereocenters. The van der Waals surface area contributed by atoms with Gasteiger partial charge in [0.1, 0.15) is 6.04 Å². The molecule has 0 saturated carbocycles. The molecule has 0 radical (unpaired) electrons. The summed E-state index contributed by atoms with van der Waals surface area (Å²) in [6.07, 6.45) is 34.3. The molecule has 0 aliphatic heterocycles. The molecular formula is C36H72N2O2. The summed E-state index contributed by atoms with van der Waals surface area (Å²) in [6.45, 7) is 9.42. The van der Waals surface area contributed by atoms with Gasteiger partial charge in [0.2, 0.25) is 11.8 Å². The van der Waals surface area contributed by atoms with Crippen LogP contribution >= 0.6 is 0 Å². The van der Waals surface area contributed by atoms with Crippen LogP contribution in [0.5, 0.6) is 0 Å². The average Bonchev–Trinajstić information content (AvgIpc) is 2.96. The first-order chi connectivity index (χ1) is 19.6. The van der Waals surface area contributed by atoms with Crippen LogP contribution in [0.25, 0.3) is 0 Å². The van der Waals surface area contributed by atoms with Crippen LogP contribution in [0.15, 0.2) is 0 Å². The van der Waals surface area contributed by atoms with Crippen molar-refractivity contribution in [2.45, 2.75) is 207 Å². The number of hydrogen-bond donors (Lipinski definition) is 2. The van der Waals surface area contributed by atoms with E-state index in [1.807, 2.05) is 0 Å². The van der Waals surface area contributed by atoms with Crippen LogP contribution < -0.4 is 10.6 Å². The van der Waals surface area contributed by atoms with Gasteiger partial charge in [-0.25, -0.2) is 0 Å². The van der Waals surface area contributed by atoms with Crippen molar-refractivity contribution < 1.29 is 9.59 Å². The number of carbonyl (C=O) groups excluding carboxylic acids is 2. The summed E-state index contributed by atoms with van der Waals surface area (Å²) >= 11 is 0. The molecule has 0 aliphatic carbocycles. The van der Waals surface area contributed by atoms with Crippen molar-refractivity contribution in [3.05, 3.63) is 0 Å². The number of unbranched alkanes of at least 4 members (excludes halogenated alkanes) is 23. The fourth-order valence-electron chi connectivity index (χ4n) is 5.54. The molecule has 0 heterocycles. The SMILES string of the molecule is CCCCCCCCCCCCCCCCCCNC(=O)[C@@H](NC(=O)CCCCCCCCCCC)[C@H](C)CC. The first-order valence-electron chi connectivity index (χ1n) is 18.1. The lowest BCUT2D eigenvalue weighted by molar-refractivity contribution is -0.130. The van der Waals surface area contributed by atoms with Crippen LogP contribution in [-0.4, -0.2) is 24.4 Å². The van der Waals surface area contributed by atoms with E-state index in [4.69, 9.17) is 0 Å². The standard InChI is InChI=1S/C36H72N2O2/c1-5-8-10-12-14-16-17-18-19-20-21-22-24-26-28-30-32-37-36(40)35(33(4)7-3)38-34(39)31-29-27-25-23-15-13-11-9-6-2/h33,35H,5-32H2,1-4H3,(H,37,40)(H,38,39)/t33-,35+/m1/s1. The van der Waals surface area contributed by atoms with E-state index in [1.165, 1.54) is 141 Å². The maximum atomic E-state index is 12.8. The van der Waals surface area contributed by atoms with Gasteiger partial charge in [-0.3, -0.25) is 9.59 Å². The van der Waals surface area contributed by atoms with Gasteiger partial charge in [0.15, 0.2) is 0 Å². The average molecular weight is 565 g/mol. The molecule has 0 bridgehead atoms. The Morgan fingerprint density at radius 1 is 0.500 bits per heavy atom. The minimum atomic E-state index is -0.405. The third kappa shape index (κ3) is 25.9.